The molecule has 0 bridgehead atoms. The van der Waals surface area contributed by atoms with Gasteiger partial charge in [-0.3, -0.25) is 0 Å². The van der Waals surface area contributed by atoms with E-state index >= 15 is 0 Å². The van der Waals surface area contributed by atoms with E-state index in [0.717, 1.165) is 0 Å². The summed E-state index contributed by atoms with van der Waals surface area (Å²) in [4.78, 5) is 0. The number of benzene rings is 3. The summed E-state index contributed by atoms with van der Waals surface area (Å²) in [6.07, 6.45) is 0. The van der Waals surface area contributed by atoms with Crippen LogP contribution in [0.5, 0.6) is 0 Å². The molecule has 0 aliphatic rings. The van der Waals surface area contributed by atoms with E-state index in [1.54, 1.807) is 5.30 Å². The summed E-state index contributed by atoms with van der Waals surface area (Å²) in [6.45, 7) is 0. The predicted molar refractivity (Wildman–Crippen MR) is 96.7 cm³/mol. The van der Waals surface area contributed by atoms with Crippen molar-refractivity contribution in [3.05, 3.63) is 91.0 Å². The fourth-order valence-electron chi connectivity index (χ4n) is 1.83. The molecule has 3 aromatic carbocycles. The van der Waals surface area contributed by atoms with Crippen LogP contribution in [0, 0.1) is 0 Å². The fourth-order valence-corrected chi connectivity index (χ4v) is 17.7. The van der Waals surface area contributed by atoms with Crippen molar-refractivity contribution in [2.75, 3.05) is 0 Å². The Hall–Kier alpha value is -0.871. The molecule has 0 amide bonds. The monoisotopic (exact) mass is 422 g/mol. The maximum absolute atomic E-state index is 2.31. The van der Waals surface area contributed by atoms with Gasteiger partial charge in [0.15, 0.2) is 0 Å². The van der Waals surface area contributed by atoms with Crippen LogP contribution in [0.1, 0.15) is 0 Å². The van der Waals surface area contributed by atoms with Crippen molar-refractivity contribution in [2.24, 2.45) is 0 Å². The second kappa shape index (κ2) is 7.95. The third-order valence-electron chi connectivity index (χ3n) is 2.83. The standard InChI is InChI=1S/C18H15PSe2/c1-4-10-16(11-5-1)19(20-17-12-6-2-7-13-17)21-18-14-8-3-9-15-18/h1-15H. The zero-order valence-corrected chi connectivity index (χ0v) is 15.7. The van der Waals surface area contributed by atoms with Gasteiger partial charge in [0.2, 0.25) is 0 Å². The number of hydrogen-bond acceptors (Lipinski definition) is 0. The molecule has 104 valence electrons. The van der Waals surface area contributed by atoms with E-state index < -0.39 is 0 Å². The van der Waals surface area contributed by atoms with Crippen LogP contribution in [-0.4, -0.2) is 29.0 Å². The normalized spacial score (nSPS) is 10.7. The van der Waals surface area contributed by atoms with Crippen LogP contribution in [-0.2, 0) is 0 Å². The summed E-state index contributed by atoms with van der Waals surface area (Å²) in [5.74, 6) is 0. The van der Waals surface area contributed by atoms with Crippen LogP contribution in [0.3, 0.4) is 0 Å². The fraction of sp³-hybridized carbons (Fsp3) is 0. The molecule has 3 aromatic rings. The van der Waals surface area contributed by atoms with E-state index in [1.165, 1.54) is 8.92 Å². The van der Waals surface area contributed by atoms with Gasteiger partial charge < -0.3 is 0 Å². The molecular formula is C18H15PSe2. The molecule has 0 N–H and O–H groups in total. The summed E-state index contributed by atoms with van der Waals surface area (Å²) in [7, 11) is 0. The Morgan fingerprint density at radius 1 is 0.476 bits per heavy atom. The number of hydrogen-bond donors (Lipinski definition) is 0. The van der Waals surface area contributed by atoms with Crippen LogP contribution in [0.4, 0.5) is 0 Å². The average molecular weight is 420 g/mol. The molecule has 21 heavy (non-hydrogen) atoms. The molecule has 0 nitrogen and oxygen atoms in total. The van der Waals surface area contributed by atoms with Gasteiger partial charge in [0.1, 0.15) is 0 Å². The van der Waals surface area contributed by atoms with Gasteiger partial charge in [-0.05, 0) is 0 Å². The van der Waals surface area contributed by atoms with Crippen LogP contribution >= 0.6 is 5.30 Å². The minimum atomic E-state index is -0.0833. The van der Waals surface area contributed by atoms with Crippen LogP contribution in [0.15, 0.2) is 91.0 Å². The van der Waals surface area contributed by atoms with Gasteiger partial charge in [0.25, 0.3) is 0 Å². The Bertz CT molecular complexity index is 615. The molecule has 0 fully saturated rings. The first-order valence-corrected chi connectivity index (χ1v) is 14.2. The molecular weight excluding hydrogens is 405 g/mol. The quantitative estimate of drug-likeness (QED) is 0.440. The average Bonchev–Trinajstić information content (AvgIpc) is 2.57. The van der Waals surface area contributed by atoms with Crippen molar-refractivity contribution in [1.29, 1.82) is 0 Å². The van der Waals surface area contributed by atoms with Crippen molar-refractivity contribution in [3.63, 3.8) is 0 Å². The van der Waals surface area contributed by atoms with Gasteiger partial charge in [0, 0.05) is 0 Å². The zero-order chi connectivity index (χ0) is 14.3. The molecule has 0 saturated heterocycles. The maximum atomic E-state index is 2.31. The third kappa shape index (κ3) is 4.55. The van der Waals surface area contributed by atoms with Crippen molar-refractivity contribution < 1.29 is 0 Å². The molecule has 3 rings (SSSR count). The summed E-state index contributed by atoms with van der Waals surface area (Å²) in [5.41, 5.74) is 0. The van der Waals surface area contributed by atoms with E-state index in [4.69, 9.17) is 0 Å². The molecule has 0 spiro atoms. The van der Waals surface area contributed by atoms with Gasteiger partial charge in [-0.25, -0.2) is 0 Å². The van der Waals surface area contributed by atoms with Crippen LogP contribution < -0.4 is 14.2 Å². The van der Waals surface area contributed by atoms with E-state index in [9.17, 15) is 0 Å². The number of rotatable bonds is 5. The molecule has 0 radical (unpaired) electrons. The Balaban J connectivity index is 1.84. The Morgan fingerprint density at radius 3 is 1.29 bits per heavy atom. The summed E-state index contributed by atoms with van der Waals surface area (Å²) in [5, 5.41) is 1.46. The predicted octanol–water partition coefficient (Wildman–Crippen LogP) is 2.68. The van der Waals surface area contributed by atoms with E-state index in [1.807, 2.05) is 0 Å². The molecule has 0 aliphatic heterocycles. The topological polar surface area (TPSA) is 0 Å². The molecule has 0 aromatic heterocycles. The summed E-state index contributed by atoms with van der Waals surface area (Å²) in [6, 6.07) is 33.0. The Kier molecular flexibility index (Phi) is 5.69. The summed E-state index contributed by atoms with van der Waals surface area (Å²) < 4.78 is 3.02. The van der Waals surface area contributed by atoms with E-state index in [2.05, 4.69) is 91.0 Å². The first-order valence-electron chi connectivity index (χ1n) is 6.73. The zero-order valence-electron chi connectivity index (χ0n) is 11.4. The molecule has 0 atom stereocenters. The Morgan fingerprint density at radius 2 is 0.857 bits per heavy atom. The molecule has 0 aliphatic carbocycles. The van der Waals surface area contributed by atoms with Crippen LogP contribution in [0.25, 0.3) is 0 Å². The van der Waals surface area contributed by atoms with Gasteiger partial charge in [-0.15, -0.1) is 0 Å². The SMILES string of the molecule is c1ccc([Se]P([Se]c2ccccc2)c2ccccc2)cc1. The summed E-state index contributed by atoms with van der Waals surface area (Å²) >= 11 is 1.07. The van der Waals surface area contributed by atoms with Gasteiger partial charge in [-0.2, -0.15) is 0 Å². The van der Waals surface area contributed by atoms with Crippen molar-refractivity contribution >= 4 is 48.6 Å². The first kappa shape index (κ1) is 15.0. The minimum absolute atomic E-state index is 0.0833. The van der Waals surface area contributed by atoms with E-state index in [0.29, 0.717) is 29.0 Å². The molecule has 3 heteroatoms. The molecule has 0 saturated carbocycles. The van der Waals surface area contributed by atoms with Crippen molar-refractivity contribution in [1.82, 2.24) is 0 Å². The van der Waals surface area contributed by atoms with Gasteiger partial charge >= 0.3 is 140 Å². The second-order valence-corrected chi connectivity index (χ2v) is 18.2. The third-order valence-corrected chi connectivity index (χ3v) is 17.7. The second-order valence-electron chi connectivity index (χ2n) is 4.40. The van der Waals surface area contributed by atoms with Crippen molar-refractivity contribution in [2.45, 2.75) is 0 Å². The molecule has 0 heterocycles. The molecule has 0 unspecified atom stereocenters. The van der Waals surface area contributed by atoms with Crippen LogP contribution in [0.2, 0.25) is 0 Å². The Labute approximate surface area is 139 Å². The van der Waals surface area contributed by atoms with E-state index in [-0.39, 0.29) is 5.30 Å². The van der Waals surface area contributed by atoms with Gasteiger partial charge in [-0.1, -0.05) is 0 Å². The van der Waals surface area contributed by atoms with Crippen molar-refractivity contribution in [3.8, 4) is 0 Å². The first-order chi connectivity index (χ1) is 10.4. The van der Waals surface area contributed by atoms with Gasteiger partial charge in [0.05, 0.1) is 0 Å².